The maximum absolute atomic E-state index is 13.6. The molecule has 0 heterocycles. The third-order valence-corrected chi connectivity index (χ3v) is 6.38. The molecule has 5 nitrogen and oxygen atoms in total. The van der Waals surface area contributed by atoms with Crippen LogP contribution in [0.15, 0.2) is 47.4 Å². The van der Waals surface area contributed by atoms with Gasteiger partial charge in [0.15, 0.2) is 0 Å². The second-order valence-corrected chi connectivity index (χ2v) is 7.86. The number of amides is 1. The SMILES string of the molecule is CCN(CC)S(=O)(=O)c1cc(NC(=O)Cc2ccccc2F)ccc1Cl. The zero-order chi connectivity index (χ0) is 19.3. The second kappa shape index (κ2) is 8.62. The summed E-state index contributed by atoms with van der Waals surface area (Å²) in [4.78, 5) is 12.1. The number of carbonyl (C=O) groups excluding carboxylic acids is 1. The van der Waals surface area contributed by atoms with Crippen LogP contribution in [0.25, 0.3) is 0 Å². The van der Waals surface area contributed by atoms with Gasteiger partial charge >= 0.3 is 0 Å². The van der Waals surface area contributed by atoms with Crippen molar-refractivity contribution >= 4 is 33.2 Å². The Kier molecular flexibility index (Phi) is 6.75. The largest absolute Gasteiger partial charge is 0.326 e. The van der Waals surface area contributed by atoms with Crippen molar-refractivity contribution in [3.05, 3.63) is 58.9 Å². The van der Waals surface area contributed by atoms with Gasteiger partial charge in [-0.05, 0) is 29.8 Å². The lowest BCUT2D eigenvalue weighted by atomic mass is 10.1. The van der Waals surface area contributed by atoms with E-state index in [0.717, 1.165) is 0 Å². The summed E-state index contributed by atoms with van der Waals surface area (Å²) in [6.07, 6.45) is -0.159. The minimum absolute atomic E-state index is 0.0732. The number of hydrogen-bond acceptors (Lipinski definition) is 3. The van der Waals surface area contributed by atoms with E-state index in [0.29, 0.717) is 13.1 Å². The third kappa shape index (κ3) is 4.60. The van der Waals surface area contributed by atoms with Crippen LogP contribution in [-0.4, -0.2) is 31.7 Å². The van der Waals surface area contributed by atoms with E-state index in [1.54, 1.807) is 26.0 Å². The molecule has 0 aromatic heterocycles. The van der Waals surface area contributed by atoms with E-state index in [4.69, 9.17) is 11.6 Å². The van der Waals surface area contributed by atoms with Gasteiger partial charge in [0, 0.05) is 18.8 Å². The molecule has 0 unspecified atom stereocenters. The standard InChI is InChI=1S/C18H20ClFN2O3S/c1-3-22(4-2)26(24,25)17-12-14(9-10-15(17)19)21-18(23)11-13-7-5-6-8-16(13)20/h5-10,12H,3-4,11H2,1-2H3,(H,21,23). The van der Waals surface area contributed by atoms with Crippen LogP contribution in [0, 0.1) is 5.82 Å². The van der Waals surface area contributed by atoms with Crippen molar-refractivity contribution in [2.75, 3.05) is 18.4 Å². The van der Waals surface area contributed by atoms with E-state index in [9.17, 15) is 17.6 Å². The van der Waals surface area contributed by atoms with Crippen LogP contribution < -0.4 is 5.32 Å². The first-order valence-corrected chi connectivity index (χ1v) is 9.94. The zero-order valence-electron chi connectivity index (χ0n) is 14.5. The highest BCUT2D eigenvalue weighted by atomic mass is 35.5. The van der Waals surface area contributed by atoms with Gasteiger partial charge in [0.2, 0.25) is 15.9 Å². The van der Waals surface area contributed by atoms with Crippen LogP contribution in [0.3, 0.4) is 0 Å². The Morgan fingerprint density at radius 2 is 1.81 bits per heavy atom. The number of carbonyl (C=O) groups is 1. The second-order valence-electron chi connectivity index (χ2n) is 5.55. The Labute approximate surface area is 157 Å². The van der Waals surface area contributed by atoms with Gasteiger partial charge in [-0.2, -0.15) is 4.31 Å². The molecular weight excluding hydrogens is 379 g/mol. The van der Waals surface area contributed by atoms with E-state index in [-0.39, 0.29) is 27.6 Å². The quantitative estimate of drug-likeness (QED) is 0.773. The highest BCUT2D eigenvalue weighted by Crippen LogP contribution is 2.28. The first kappa shape index (κ1) is 20.4. The molecule has 0 radical (unpaired) electrons. The van der Waals surface area contributed by atoms with Gasteiger partial charge in [-0.1, -0.05) is 43.6 Å². The molecule has 8 heteroatoms. The summed E-state index contributed by atoms with van der Waals surface area (Å²) in [5, 5.41) is 2.66. The predicted molar refractivity (Wildman–Crippen MR) is 100 cm³/mol. The number of rotatable bonds is 7. The smallest absolute Gasteiger partial charge is 0.244 e. The molecule has 0 saturated carbocycles. The molecule has 0 aliphatic heterocycles. The number of nitrogens with zero attached hydrogens (tertiary/aromatic N) is 1. The molecule has 140 valence electrons. The third-order valence-electron chi connectivity index (χ3n) is 3.85. The van der Waals surface area contributed by atoms with Gasteiger partial charge in [-0.15, -0.1) is 0 Å². The lowest BCUT2D eigenvalue weighted by molar-refractivity contribution is -0.115. The molecule has 0 aliphatic carbocycles. The van der Waals surface area contributed by atoms with Crippen LogP contribution >= 0.6 is 11.6 Å². The average Bonchev–Trinajstić information content (AvgIpc) is 2.59. The molecule has 2 aromatic rings. The molecule has 0 spiro atoms. The summed E-state index contributed by atoms with van der Waals surface area (Å²) in [5.41, 5.74) is 0.538. The molecule has 1 N–H and O–H groups in total. The fourth-order valence-electron chi connectivity index (χ4n) is 2.50. The van der Waals surface area contributed by atoms with E-state index in [1.807, 2.05) is 0 Å². The molecule has 2 aromatic carbocycles. The van der Waals surface area contributed by atoms with Gasteiger partial charge in [0.1, 0.15) is 10.7 Å². The monoisotopic (exact) mass is 398 g/mol. The number of halogens is 2. The molecule has 1 amide bonds. The lowest BCUT2D eigenvalue weighted by Gasteiger charge is -2.19. The predicted octanol–water partition coefficient (Wildman–Crippen LogP) is 3.69. The fraction of sp³-hybridized carbons (Fsp3) is 0.278. The number of nitrogens with one attached hydrogen (secondary N) is 1. The van der Waals surface area contributed by atoms with Crippen molar-refractivity contribution in [1.29, 1.82) is 0 Å². The lowest BCUT2D eigenvalue weighted by Crippen LogP contribution is -2.31. The molecule has 0 saturated heterocycles. The Morgan fingerprint density at radius 3 is 2.42 bits per heavy atom. The summed E-state index contributed by atoms with van der Waals surface area (Å²) in [6.45, 7) is 4.07. The van der Waals surface area contributed by atoms with E-state index in [1.165, 1.54) is 34.6 Å². The molecular formula is C18H20ClFN2O3S. The minimum Gasteiger partial charge on any atom is -0.326 e. The molecule has 0 atom stereocenters. The van der Waals surface area contributed by atoms with Gasteiger partial charge in [0.05, 0.1) is 11.4 Å². The van der Waals surface area contributed by atoms with Crippen molar-refractivity contribution in [2.24, 2.45) is 0 Å². The van der Waals surface area contributed by atoms with Gasteiger partial charge in [-0.25, -0.2) is 12.8 Å². The Hall–Kier alpha value is -1.96. The summed E-state index contributed by atoms with van der Waals surface area (Å²) in [7, 11) is -3.77. The van der Waals surface area contributed by atoms with E-state index < -0.39 is 21.7 Å². The molecule has 0 bridgehead atoms. The highest BCUT2D eigenvalue weighted by Gasteiger charge is 2.25. The van der Waals surface area contributed by atoms with E-state index >= 15 is 0 Å². The average molecular weight is 399 g/mol. The number of benzene rings is 2. The van der Waals surface area contributed by atoms with Crippen molar-refractivity contribution < 1.29 is 17.6 Å². The van der Waals surface area contributed by atoms with Crippen LogP contribution in [-0.2, 0) is 21.2 Å². The van der Waals surface area contributed by atoms with Crippen LogP contribution in [0.1, 0.15) is 19.4 Å². The first-order valence-electron chi connectivity index (χ1n) is 8.12. The summed E-state index contributed by atoms with van der Waals surface area (Å²) >= 11 is 6.06. The highest BCUT2D eigenvalue weighted by molar-refractivity contribution is 7.89. The number of sulfonamides is 1. The molecule has 2 rings (SSSR count). The van der Waals surface area contributed by atoms with E-state index in [2.05, 4.69) is 5.32 Å². The van der Waals surface area contributed by atoms with Crippen LogP contribution in [0.5, 0.6) is 0 Å². The van der Waals surface area contributed by atoms with Crippen molar-refractivity contribution in [3.63, 3.8) is 0 Å². The molecule has 0 fully saturated rings. The maximum atomic E-state index is 13.6. The van der Waals surface area contributed by atoms with Crippen molar-refractivity contribution in [2.45, 2.75) is 25.2 Å². The van der Waals surface area contributed by atoms with Crippen LogP contribution in [0.2, 0.25) is 5.02 Å². The zero-order valence-corrected chi connectivity index (χ0v) is 16.1. The fourth-order valence-corrected chi connectivity index (χ4v) is 4.46. The van der Waals surface area contributed by atoms with Gasteiger partial charge in [0.25, 0.3) is 0 Å². The molecule has 26 heavy (non-hydrogen) atoms. The van der Waals surface area contributed by atoms with Crippen molar-refractivity contribution in [3.8, 4) is 0 Å². The van der Waals surface area contributed by atoms with Crippen molar-refractivity contribution in [1.82, 2.24) is 4.31 Å². The van der Waals surface area contributed by atoms with Crippen LogP contribution in [0.4, 0.5) is 10.1 Å². The topological polar surface area (TPSA) is 66.5 Å². The first-order chi connectivity index (χ1) is 12.3. The Morgan fingerprint density at radius 1 is 1.15 bits per heavy atom. The maximum Gasteiger partial charge on any atom is 0.244 e. The van der Waals surface area contributed by atoms with Gasteiger partial charge in [-0.3, -0.25) is 4.79 Å². The Bertz CT molecular complexity index is 899. The Balaban J connectivity index is 2.24. The normalized spacial score (nSPS) is 11.6. The summed E-state index contributed by atoms with van der Waals surface area (Å²) in [5.74, 6) is -0.924. The number of hydrogen-bond donors (Lipinski definition) is 1. The van der Waals surface area contributed by atoms with Gasteiger partial charge < -0.3 is 5.32 Å². The molecule has 0 aliphatic rings. The minimum atomic E-state index is -3.77. The summed E-state index contributed by atoms with van der Waals surface area (Å²) < 4.78 is 40.3. The summed E-state index contributed by atoms with van der Waals surface area (Å²) in [6, 6.07) is 10.2. The number of anilines is 1.